The molecule has 3 rings (SSSR count). The highest BCUT2D eigenvalue weighted by atomic mass is 32.2. The summed E-state index contributed by atoms with van der Waals surface area (Å²) in [6.45, 7) is 3.81. The molecule has 31 heavy (non-hydrogen) atoms. The number of hydrogen-bond acceptors (Lipinski definition) is 3. The fraction of sp³-hybridized carbons (Fsp3) is 0.409. The maximum Gasteiger partial charge on any atom is 0.416 e. The van der Waals surface area contributed by atoms with E-state index in [1.165, 1.54) is 12.1 Å². The molecule has 2 N–H and O–H groups in total. The van der Waals surface area contributed by atoms with Gasteiger partial charge < -0.3 is 5.32 Å². The summed E-state index contributed by atoms with van der Waals surface area (Å²) in [5.74, 6) is -0.461. The molecule has 3 atom stereocenters. The lowest BCUT2D eigenvalue weighted by Crippen LogP contribution is -2.31. The molecule has 0 bridgehead atoms. The lowest BCUT2D eigenvalue weighted by molar-refractivity contribution is -0.137. The van der Waals surface area contributed by atoms with Gasteiger partial charge in [0.15, 0.2) is 0 Å². The summed E-state index contributed by atoms with van der Waals surface area (Å²) in [5.41, 5.74) is 0.790. The van der Waals surface area contributed by atoms with Crippen molar-refractivity contribution in [2.75, 3.05) is 11.0 Å². The smallest absolute Gasteiger partial charge is 0.349 e. The van der Waals surface area contributed by atoms with Crippen molar-refractivity contribution in [3.63, 3.8) is 0 Å². The topological polar surface area (TPSA) is 75.3 Å². The van der Waals surface area contributed by atoms with E-state index >= 15 is 0 Å². The van der Waals surface area contributed by atoms with Crippen molar-refractivity contribution < 1.29 is 26.4 Å². The molecule has 1 amide bonds. The van der Waals surface area contributed by atoms with Crippen LogP contribution in [0.5, 0.6) is 0 Å². The van der Waals surface area contributed by atoms with Crippen LogP contribution in [0, 0.1) is 5.92 Å². The van der Waals surface area contributed by atoms with E-state index in [2.05, 4.69) is 10.0 Å². The van der Waals surface area contributed by atoms with Crippen LogP contribution in [0.4, 0.5) is 18.9 Å². The van der Waals surface area contributed by atoms with Crippen molar-refractivity contribution in [2.45, 2.75) is 44.3 Å². The Labute approximate surface area is 180 Å². The predicted octanol–water partition coefficient (Wildman–Crippen LogP) is 4.62. The molecule has 1 fully saturated rings. The molecule has 1 aliphatic rings. The summed E-state index contributed by atoms with van der Waals surface area (Å²) in [4.78, 5) is 12.8. The Hall–Kier alpha value is -2.55. The highest BCUT2D eigenvalue weighted by molar-refractivity contribution is 7.92. The number of halogens is 3. The number of carbonyl (C=O) groups is 1. The van der Waals surface area contributed by atoms with Crippen LogP contribution < -0.4 is 10.0 Å². The number of benzene rings is 2. The second-order valence-corrected chi connectivity index (χ2v) is 9.96. The molecule has 0 spiro atoms. The van der Waals surface area contributed by atoms with Gasteiger partial charge in [0.25, 0.3) is 0 Å². The van der Waals surface area contributed by atoms with Gasteiger partial charge in [-0.05, 0) is 48.2 Å². The van der Waals surface area contributed by atoms with E-state index in [-0.39, 0.29) is 17.9 Å². The first-order valence-electron chi connectivity index (χ1n) is 9.89. The molecule has 1 unspecified atom stereocenters. The number of nitrogens with one attached hydrogen (secondary N) is 2. The molecule has 2 aromatic carbocycles. The summed E-state index contributed by atoms with van der Waals surface area (Å²) >= 11 is 0. The third-order valence-corrected chi connectivity index (χ3v) is 6.37. The van der Waals surface area contributed by atoms with Gasteiger partial charge in [0.05, 0.1) is 17.9 Å². The Balaban J connectivity index is 1.66. The molecule has 0 radical (unpaired) electrons. The van der Waals surface area contributed by atoms with Gasteiger partial charge >= 0.3 is 6.18 Å². The molecule has 1 saturated carbocycles. The van der Waals surface area contributed by atoms with Crippen LogP contribution in [0.15, 0.2) is 48.5 Å². The number of alkyl halides is 3. The number of sulfonamides is 1. The van der Waals surface area contributed by atoms with Gasteiger partial charge in [-0.25, -0.2) is 8.42 Å². The van der Waals surface area contributed by atoms with Crippen LogP contribution in [0.2, 0.25) is 0 Å². The van der Waals surface area contributed by atoms with Crippen molar-refractivity contribution in [1.29, 1.82) is 0 Å². The van der Waals surface area contributed by atoms with Gasteiger partial charge in [-0.3, -0.25) is 9.52 Å². The Morgan fingerprint density at radius 2 is 1.71 bits per heavy atom. The molecular weight excluding hydrogens is 429 g/mol. The maximum atomic E-state index is 12.8. The number of carbonyl (C=O) groups excluding carboxylic acids is 1. The lowest BCUT2D eigenvalue weighted by atomic mass is 9.94. The lowest BCUT2D eigenvalue weighted by Gasteiger charge is -2.19. The normalized spacial score (nSPS) is 21.9. The minimum atomic E-state index is -4.39. The first-order chi connectivity index (χ1) is 14.3. The Bertz CT molecular complexity index is 1050. The largest absolute Gasteiger partial charge is 0.416 e. The number of anilines is 1. The van der Waals surface area contributed by atoms with Crippen LogP contribution in [0.25, 0.3) is 0 Å². The molecule has 0 aliphatic heterocycles. The minimum Gasteiger partial charge on any atom is -0.349 e. The fourth-order valence-electron chi connectivity index (χ4n) is 3.80. The second-order valence-electron chi connectivity index (χ2n) is 8.21. The van der Waals surface area contributed by atoms with E-state index < -0.39 is 27.2 Å². The minimum absolute atomic E-state index is 0.146. The Kier molecular flexibility index (Phi) is 6.10. The first-order valence-corrected chi connectivity index (χ1v) is 11.8. The predicted molar refractivity (Wildman–Crippen MR) is 113 cm³/mol. The van der Waals surface area contributed by atoms with Crippen LogP contribution in [-0.4, -0.2) is 20.6 Å². The van der Waals surface area contributed by atoms with Gasteiger partial charge in [0, 0.05) is 17.0 Å². The molecule has 2 aromatic rings. The number of hydrogen-bond donors (Lipinski definition) is 2. The van der Waals surface area contributed by atoms with Crippen LogP contribution in [-0.2, 0) is 26.4 Å². The average Bonchev–Trinajstić information content (AvgIpc) is 3.38. The molecule has 5 nitrogen and oxygen atoms in total. The van der Waals surface area contributed by atoms with Crippen molar-refractivity contribution in [3.8, 4) is 0 Å². The van der Waals surface area contributed by atoms with Gasteiger partial charge in [0.2, 0.25) is 15.9 Å². The highest BCUT2D eigenvalue weighted by Gasteiger charge is 2.55. The molecule has 0 saturated heterocycles. The molecule has 0 aromatic heterocycles. The summed E-state index contributed by atoms with van der Waals surface area (Å²) in [5, 5.41) is 3.02. The summed E-state index contributed by atoms with van der Waals surface area (Å²) < 4.78 is 63.4. The van der Waals surface area contributed by atoms with E-state index in [1.807, 2.05) is 13.8 Å². The monoisotopic (exact) mass is 454 g/mol. The zero-order chi connectivity index (χ0) is 23.0. The third-order valence-electron chi connectivity index (χ3n) is 5.77. The van der Waals surface area contributed by atoms with Crippen molar-refractivity contribution in [2.24, 2.45) is 5.92 Å². The highest BCUT2D eigenvalue weighted by Crippen LogP contribution is 2.54. The molecule has 9 heteroatoms. The molecule has 0 heterocycles. The summed E-state index contributed by atoms with van der Waals surface area (Å²) in [6, 6.07) is 11.5. The average molecular weight is 455 g/mol. The van der Waals surface area contributed by atoms with Gasteiger partial charge in [-0.1, -0.05) is 38.1 Å². The molecule has 1 aliphatic carbocycles. The van der Waals surface area contributed by atoms with Crippen LogP contribution in [0.1, 0.15) is 49.4 Å². The quantitative estimate of drug-likeness (QED) is 0.641. The van der Waals surface area contributed by atoms with Crippen molar-refractivity contribution in [1.82, 2.24) is 5.32 Å². The van der Waals surface area contributed by atoms with Crippen molar-refractivity contribution >= 4 is 21.6 Å². The van der Waals surface area contributed by atoms with E-state index in [1.54, 1.807) is 24.3 Å². The SMILES string of the molecule is CC[C@@H](NC(=O)C1C[C@]1(C)c1ccc(C(F)(F)F)cc1)c1ccc(NS(C)(=O)=O)cc1. The van der Waals surface area contributed by atoms with Gasteiger partial charge in [-0.15, -0.1) is 0 Å². The molecular formula is C22H25F3N2O3S. The Morgan fingerprint density at radius 3 is 2.19 bits per heavy atom. The van der Waals surface area contributed by atoms with E-state index in [4.69, 9.17) is 0 Å². The molecule has 168 valence electrons. The Morgan fingerprint density at radius 1 is 1.13 bits per heavy atom. The number of rotatable bonds is 7. The third kappa shape index (κ3) is 5.39. The fourth-order valence-corrected chi connectivity index (χ4v) is 4.36. The van der Waals surface area contributed by atoms with E-state index in [9.17, 15) is 26.4 Å². The summed E-state index contributed by atoms with van der Waals surface area (Å²) in [7, 11) is -3.37. The zero-order valence-corrected chi connectivity index (χ0v) is 18.3. The van der Waals surface area contributed by atoms with E-state index in [0.717, 1.165) is 24.0 Å². The second kappa shape index (κ2) is 8.18. The van der Waals surface area contributed by atoms with E-state index in [0.29, 0.717) is 24.1 Å². The van der Waals surface area contributed by atoms with Crippen LogP contribution >= 0.6 is 0 Å². The first kappa shape index (κ1) is 23.1. The zero-order valence-electron chi connectivity index (χ0n) is 17.5. The van der Waals surface area contributed by atoms with Crippen molar-refractivity contribution in [3.05, 3.63) is 65.2 Å². The van der Waals surface area contributed by atoms with Gasteiger partial charge in [-0.2, -0.15) is 13.2 Å². The van der Waals surface area contributed by atoms with Crippen LogP contribution in [0.3, 0.4) is 0 Å². The summed E-state index contributed by atoms with van der Waals surface area (Å²) in [6.07, 6.45) is -2.12. The maximum absolute atomic E-state index is 12.8. The number of amides is 1. The standard InChI is InChI=1S/C22H25F3N2O3S/c1-4-19(14-5-11-17(12-6-14)27-31(3,29)30)26-20(28)18-13-21(18,2)15-7-9-16(10-8-15)22(23,24)25/h5-12,18-19,27H,4,13H2,1-3H3,(H,26,28)/t18?,19-,21-/m1/s1. The van der Waals surface area contributed by atoms with Gasteiger partial charge in [0.1, 0.15) is 0 Å².